The molecule has 0 spiro atoms. The van der Waals surface area contributed by atoms with Gasteiger partial charge in [0.2, 0.25) is 5.91 Å². The van der Waals surface area contributed by atoms with Crippen LogP contribution in [0.3, 0.4) is 0 Å². The van der Waals surface area contributed by atoms with E-state index in [1.807, 2.05) is 0 Å². The van der Waals surface area contributed by atoms with Crippen LogP contribution >= 0.6 is 0 Å². The van der Waals surface area contributed by atoms with Gasteiger partial charge in [-0.1, -0.05) is 168 Å². The Morgan fingerprint density at radius 1 is 0.541 bits per heavy atom. The molecular formula is C33H67NO3. The Morgan fingerprint density at radius 3 is 1.22 bits per heavy atom. The molecule has 0 rings (SSSR count). The molecule has 37 heavy (non-hydrogen) atoms. The van der Waals surface area contributed by atoms with E-state index in [0.29, 0.717) is 12.8 Å². The predicted octanol–water partition coefficient (Wildman–Crippen LogP) is 9.40. The number of amides is 1. The molecule has 3 N–H and O–H groups in total. The molecule has 1 amide bonds. The highest BCUT2D eigenvalue weighted by Gasteiger charge is 2.19. The molecule has 0 saturated heterocycles. The third-order valence-corrected chi connectivity index (χ3v) is 7.87. The molecule has 0 aliphatic heterocycles. The van der Waals surface area contributed by atoms with Crippen molar-refractivity contribution in [3.63, 3.8) is 0 Å². The number of unbranched alkanes of at least 4 members (excludes halogenated alkanes) is 23. The number of carbonyl (C=O) groups is 1. The van der Waals surface area contributed by atoms with E-state index in [1.54, 1.807) is 0 Å². The molecule has 2 atom stereocenters. The van der Waals surface area contributed by atoms with Crippen LogP contribution in [0.15, 0.2) is 0 Å². The van der Waals surface area contributed by atoms with Crippen LogP contribution in [-0.4, -0.2) is 34.9 Å². The number of carbonyl (C=O) groups excluding carboxylic acids is 1. The molecular weight excluding hydrogens is 458 g/mol. The van der Waals surface area contributed by atoms with Crippen LogP contribution < -0.4 is 5.32 Å². The zero-order chi connectivity index (χ0) is 27.2. The van der Waals surface area contributed by atoms with Gasteiger partial charge in [0.1, 0.15) is 0 Å². The molecule has 0 radical (unpaired) electrons. The Kier molecular flexibility index (Phi) is 29.4. The first kappa shape index (κ1) is 36.4. The van der Waals surface area contributed by atoms with Gasteiger partial charge < -0.3 is 15.5 Å². The standard InChI is InChI=1S/C33H67NO3/c1-3-5-7-8-9-10-11-12-13-14-15-16-17-18-19-20-21-22-23-24-25-27-29-33(37)34-31(30-35)32(36)28-26-6-4-2/h31-32,35-36H,3-30H2,1-2H3,(H,34,37). The first-order chi connectivity index (χ1) is 18.2. The van der Waals surface area contributed by atoms with E-state index in [0.717, 1.165) is 32.1 Å². The Bertz CT molecular complexity index is 457. The molecule has 0 aliphatic carbocycles. The lowest BCUT2D eigenvalue weighted by Crippen LogP contribution is -2.45. The molecule has 0 aromatic heterocycles. The number of aliphatic hydroxyl groups excluding tert-OH is 2. The first-order valence-corrected chi connectivity index (χ1v) is 16.7. The maximum atomic E-state index is 12.1. The van der Waals surface area contributed by atoms with Gasteiger partial charge in [-0.3, -0.25) is 4.79 Å². The van der Waals surface area contributed by atoms with Crippen molar-refractivity contribution in [2.75, 3.05) is 6.61 Å². The van der Waals surface area contributed by atoms with Gasteiger partial charge in [-0.2, -0.15) is 0 Å². The van der Waals surface area contributed by atoms with E-state index >= 15 is 0 Å². The molecule has 0 heterocycles. The average molecular weight is 526 g/mol. The van der Waals surface area contributed by atoms with E-state index in [1.165, 1.54) is 128 Å². The molecule has 0 aromatic rings. The Morgan fingerprint density at radius 2 is 0.865 bits per heavy atom. The van der Waals surface area contributed by atoms with Crippen molar-refractivity contribution in [2.24, 2.45) is 0 Å². The van der Waals surface area contributed by atoms with Crippen LogP contribution in [0.1, 0.15) is 187 Å². The van der Waals surface area contributed by atoms with E-state index in [-0.39, 0.29) is 12.5 Å². The maximum absolute atomic E-state index is 12.1. The van der Waals surface area contributed by atoms with Gasteiger partial charge in [-0.05, 0) is 12.8 Å². The molecule has 0 fully saturated rings. The molecule has 2 unspecified atom stereocenters. The van der Waals surface area contributed by atoms with Gasteiger partial charge in [0, 0.05) is 6.42 Å². The summed E-state index contributed by atoms with van der Waals surface area (Å²) in [7, 11) is 0. The van der Waals surface area contributed by atoms with Gasteiger partial charge in [-0.25, -0.2) is 0 Å². The summed E-state index contributed by atoms with van der Waals surface area (Å²) in [5.41, 5.74) is 0. The predicted molar refractivity (Wildman–Crippen MR) is 161 cm³/mol. The van der Waals surface area contributed by atoms with Crippen LogP contribution in [0.2, 0.25) is 0 Å². The highest BCUT2D eigenvalue weighted by atomic mass is 16.3. The molecule has 0 aliphatic rings. The summed E-state index contributed by atoms with van der Waals surface area (Å²) < 4.78 is 0. The summed E-state index contributed by atoms with van der Waals surface area (Å²) in [6.45, 7) is 4.22. The topological polar surface area (TPSA) is 69.6 Å². The number of nitrogens with one attached hydrogen (secondary N) is 1. The van der Waals surface area contributed by atoms with Crippen molar-refractivity contribution >= 4 is 5.91 Å². The van der Waals surface area contributed by atoms with E-state index in [9.17, 15) is 15.0 Å². The summed E-state index contributed by atoms with van der Waals surface area (Å²) >= 11 is 0. The summed E-state index contributed by atoms with van der Waals surface area (Å²) in [5.74, 6) is -0.0400. The third kappa shape index (κ3) is 26.8. The Balaban J connectivity index is 3.32. The van der Waals surface area contributed by atoms with Crippen LogP contribution in [0.4, 0.5) is 0 Å². The van der Waals surface area contributed by atoms with Crippen molar-refractivity contribution in [2.45, 2.75) is 199 Å². The van der Waals surface area contributed by atoms with Gasteiger partial charge in [0.15, 0.2) is 0 Å². The monoisotopic (exact) mass is 526 g/mol. The van der Waals surface area contributed by atoms with E-state index in [4.69, 9.17) is 0 Å². The second-order valence-corrected chi connectivity index (χ2v) is 11.6. The van der Waals surface area contributed by atoms with E-state index < -0.39 is 12.1 Å². The number of hydrogen-bond donors (Lipinski definition) is 3. The Labute approximate surface area is 232 Å². The van der Waals surface area contributed by atoms with Gasteiger partial charge in [0.05, 0.1) is 18.8 Å². The largest absolute Gasteiger partial charge is 0.394 e. The van der Waals surface area contributed by atoms with Crippen molar-refractivity contribution in [1.29, 1.82) is 0 Å². The summed E-state index contributed by atoms with van der Waals surface area (Å²) in [4.78, 5) is 12.1. The highest BCUT2D eigenvalue weighted by molar-refractivity contribution is 5.76. The molecule has 0 bridgehead atoms. The zero-order valence-electron chi connectivity index (χ0n) is 25.3. The number of hydrogen-bond acceptors (Lipinski definition) is 3. The van der Waals surface area contributed by atoms with Crippen LogP contribution in [0.25, 0.3) is 0 Å². The SMILES string of the molecule is CCCCCCCCCCCCCCCCCCCCCCCCC(=O)NC(CO)C(O)CCCCC. The normalized spacial score (nSPS) is 13.1. The molecule has 0 aromatic carbocycles. The smallest absolute Gasteiger partial charge is 0.220 e. The summed E-state index contributed by atoms with van der Waals surface area (Å²) in [5, 5.41) is 22.5. The quantitative estimate of drug-likeness (QED) is 0.0818. The minimum absolute atomic E-state index is 0.0400. The van der Waals surface area contributed by atoms with Gasteiger partial charge >= 0.3 is 0 Å². The minimum atomic E-state index is -0.648. The highest BCUT2D eigenvalue weighted by Crippen LogP contribution is 2.15. The molecule has 222 valence electrons. The van der Waals surface area contributed by atoms with Gasteiger partial charge in [0.25, 0.3) is 0 Å². The lowest BCUT2D eigenvalue weighted by molar-refractivity contribution is -0.123. The summed E-state index contributed by atoms with van der Waals surface area (Å²) in [6, 6.07) is -0.524. The first-order valence-electron chi connectivity index (χ1n) is 16.7. The van der Waals surface area contributed by atoms with Crippen molar-refractivity contribution in [3.05, 3.63) is 0 Å². The fourth-order valence-corrected chi connectivity index (χ4v) is 5.24. The van der Waals surface area contributed by atoms with Crippen molar-refractivity contribution in [3.8, 4) is 0 Å². The van der Waals surface area contributed by atoms with Crippen LogP contribution in [0.5, 0.6) is 0 Å². The Hall–Kier alpha value is -0.610. The minimum Gasteiger partial charge on any atom is -0.394 e. The van der Waals surface area contributed by atoms with Crippen molar-refractivity contribution in [1.82, 2.24) is 5.32 Å². The van der Waals surface area contributed by atoms with Crippen LogP contribution in [0, 0.1) is 0 Å². The molecule has 4 heteroatoms. The fourth-order valence-electron chi connectivity index (χ4n) is 5.24. The lowest BCUT2D eigenvalue weighted by atomic mass is 10.0. The summed E-state index contributed by atoms with van der Waals surface area (Å²) in [6.07, 6.45) is 33.6. The third-order valence-electron chi connectivity index (χ3n) is 7.87. The van der Waals surface area contributed by atoms with Crippen LogP contribution in [-0.2, 0) is 4.79 Å². The van der Waals surface area contributed by atoms with E-state index in [2.05, 4.69) is 19.2 Å². The van der Waals surface area contributed by atoms with Crippen molar-refractivity contribution < 1.29 is 15.0 Å². The molecule has 0 saturated carbocycles. The molecule has 4 nitrogen and oxygen atoms in total. The maximum Gasteiger partial charge on any atom is 0.220 e. The number of rotatable bonds is 30. The second-order valence-electron chi connectivity index (χ2n) is 11.6. The number of aliphatic hydroxyl groups is 2. The second kappa shape index (κ2) is 29.9. The average Bonchev–Trinajstić information content (AvgIpc) is 2.90. The lowest BCUT2D eigenvalue weighted by Gasteiger charge is -2.22. The zero-order valence-corrected chi connectivity index (χ0v) is 25.3. The van der Waals surface area contributed by atoms with Gasteiger partial charge in [-0.15, -0.1) is 0 Å². The fraction of sp³-hybridized carbons (Fsp3) is 0.970.